The van der Waals surface area contributed by atoms with Gasteiger partial charge in [-0.25, -0.2) is 9.44 Å². The van der Waals surface area contributed by atoms with E-state index in [1.54, 1.807) is 0 Å². The van der Waals surface area contributed by atoms with Crippen molar-refractivity contribution < 1.29 is 0 Å². The standard InChI is InChI=1S/C16H16IN4OP/c1-9-2-3-11-7-20-21(23-17)15(11)14(9)10-4-5-12-13(6-10)18-8-19-16(12)22/h2-3,7-8,10,23H,4-6H2,1H3,(H,18,19,22). The van der Waals surface area contributed by atoms with Crippen LogP contribution in [0.3, 0.4) is 0 Å². The van der Waals surface area contributed by atoms with Crippen LogP contribution in [0.25, 0.3) is 10.9 Å². The van der Waals surface area contributed by atoms with E-state index in [9.17, 15) is 4.79 Å². The van der Waals surface area contributed by atoms with Gasteiger partial charge in [0.25, 0.3) is 5.56 Å². The smallest absolute Gasteiger partial charge is 0.254 e. The lowest BCUT2D eigenvalue weighted by Crippen LogP contribution is -2.24. The number of nitrogens with zero attached hydrogens (tertiary/aromatic N) is 3. The van der Waals surface area contributed by atoms with Gasteiger partial charge in [0.15, 0.2) is 0 Å². The molecule has 0 saturated heterocycles. The lowest BCUT2D eigenvalue weighted by molar-refractivity contribution is 0.566. The number of aromatic amines is 1. The molecule has 0 spiro atoms. The first-order chi connectivity index (χ1) is 11.2. The Kier molecular flexibility index (Phi) is 3.97. The van der Waals surface area contributed by atoms with Crippen LogP contribution in [-0.2, 0) is 12.8 Å². The van der Waals surface area contributed by atoms with Gasteiger partial charge in [-0.3, -0.25) is 4.79 Å². The third kappa shape index (κ3) is 2.52. The van der Waals surface area contributed by atoms with Crippen LogP contribution < -0.4 is 5.56 Å². The highest BCUT2D eigenvalue weighted by molar-refractivity contribution is 14.2. The third-order valence-electron chi connectivity index (χ3n) is 4.70. The Bertz CT molecular complexity index is 949. The summed E-state index contributed by atoms with van der Waals surface area (Å²) in [5.41, 5.74) is 5.74. The number of halogens is 1. The van der Waals surface area contributed by atoms with E-state index in [0.29, 0.717) is 12.3 Å². The predicted molar refractivity (Wildman–Crippen MR) is 102 cm³/mol. The lowest BCUT2D eigenvalue weighted by atomic mass is 9.80. The summed E-state index contributed by atoms with van der Waals surface area (Å²) in [5, 5.41) is 5.71. The SMILES string of the molecule is Cc1ccc2cnn(PI)c2c1C1CCc2c(nc[nH]c2=O)C1. The summed E-state index contributed by atoms with van der Waals surface area (Å²) in [6, 6.07) is 4.33. The van der Waals surface area contributed by atoms with Gasteiger partial charge in [0.2, 0.25) is 0 Å². The third-order valence-corrected chi connectivity index (χ3v) is 6.57. The number of hydrogen-bond acceptors (Lipinski definition) is 3. The molecule has 0 bridgehead atoms. The molecule has 0 saturated carbocycles. The summed E-state index contributed by atoms with van der Waals surface area (Å²) in [6.07, 6.45) is 6.65. The molecule has 2 unspecified atom stereocenters. The van der Waals surface area contributed by atoms with Crippen molar-refractivity contribution in [1.29, 1.82) is 0 Å². The highest BCUT2D eigenvalue weighted by Gasteiger charge is 2.26. The fourth-order valence-electron chi connectivity index (χ4n) is 3.62. The summed E-state index contributed by atoms with van der Waals surface area (Å²) >= 11 is 2.37. The van der Waals surface area contributed by atoms with E-state index in [2.05, 4.69) is 60.6 Å². The van der Waals surface area contributed by atoms with Crippen LogP contribution in [-0.4, -0.2) is 19.5 Å². The molecule has 2 atom stereocenters. The van der Waals surface area contributed by atoms with Gasteiger partial charge < -0.3 is 4.98 Å². The van der Waals surface area contributed by atoms with Gasteiger partial charge >= 0.3 is 0 Å². The molecule has 2 heterocycles. The number of aryl methyl sites for hydroxylation is 1. The molecular formula is C16H16IN4OP. The molecule has 1 aromatic carbocycles. The van der Waals surface area contributed by atoms with Gasteiger partial charge in [-0.15, -0.1) is 0 Å². The largest absolute Gasteiger partial charge is 0.313 e. The van der Waals surface area contributed by atoms with Crippen molar-refractivity contribution >= 4 is 39.3 Å². The predicted octanol–water partition coefficient (Wildman–Crippen LogP) is 3.49. The van der Waals surface area contributed by atoms with Crippen LogP contribution in [0.2, 0.25) is 0 Å². The molecule has 0 fully saturated rings. The molecular weight excluding hydrogens is 422 g/mol. The molecule has 4 rings (SSSR count). The number of nitrogens with one attached hydrogen (secondary N) is 1. The minimum atomic E-state index is 0.0159. The summed E-state index contributed by atoms with van der Waals surface area (Å²) in [5.74, 6) is 0.392. The molecule has 2 aromatic heterocycles. The zero-order chi connectivity index (χ0) is 16.0. The first-order valence-corrected chi connectivity index (χ1v) is 11.6. The van der Waals surface area contributed by atoms with Crippen LogP contribution in [0.5, 0.6) is 0 Å². The number of aromatic nitrogens is 4. The van der Waals surface area contributed by atoms with Gasteiger partial charge in [0, 0.05) is 10.9 Å². The Morgan fingerprint density at radius 3 is 3.13 bits per heavy atom. The Morgan fingerprint density at radius 2 is 2.30 bits per heavy atom. The van der Waals surface area contributed by atoms with Gasteiger partial charge in [0.05, 0.1) is 30.1 Å². The van der Waals surface area contributed by atoms with E-state index in [4.69, 9.17) is 0 Å². The number of benzene rings is 1. The van der Waals surface area contributed by atoms with Gasteiger partial charge in [-0.1, -0.05) is 12.1 Å². The van der Waals surface area contributed by atoms with Gasteiger partial charge in [-0.05, 0) is 65.3 Å². The van der Waals surface area contributed by atoms with Crippen LogP contribution >= 0.6 is 28.4 Å². The van der Waals surface area contributed by atoms with Crippen molar-refractivity contribution in [1.82, 2.24) is 19.5 Å². The van der Waals surface area contributed by atoms with Crippen LogP contribution in [0.15, 0.2) is 29.5 Å². The minimum Gasteiger partial charge on any atom is -0.313 e. The Labute approximate surface area is 148 Å². The van der Waals surface area contributed by atoms with Crippen LogP contribution in [0.4, 0.5) is 0 Å². The molecule has 1 aliphatic carbocycles. The molecule has 1 aliphatic rings. The number of H-pyrrole nitrogens is 1. The maximum Gasteiger partial charge on any atom is 0.254 e. The second-order valence-corrected chi connectivity index (χ2v) is 8.01. The Balaban J connectivity index is 1.86. The van der Waals surface area contributed by atoms with E-state index in [0.717, 1.165) is 30.5 Å². The lowest BCUT2D eigenvalue weighted by Gasteiger charge is -2.25. The summed E-state index contributed by atoms with van der Waals surface area (Å²) in [7, 11) is 0. The topological polar surface area (TPSA) is 63.6 Å². The monoisotopic (exact) mass is 438 g/mol. The van der Waals surface area contributed by atoms with E-state index in [-0.39, 0.29) is 5.56 Å². The summed E-state index contributed by atoms with van der Waals surface area (Å²) in [6.45, 7) is 2.17. The van der Waals surface area contributed by atoms with E-state index in [1.807, 2.05) is 6.20 Å². The van der Waals surface area contributed by atoms with Crippen LogP contribution in [0.1, 0.15) is 34.7 Å². The van der Waals surface area contributed by atoms with Gasteiger partial charge in [0.1, 0.15) is 0 Å². The fraction of sp³-hybridized carbons (Fsp3) is 0.312. The highest BCUT2D eigenvalue weighted by Crippen LogP contribution is 2.39. The fourth-order valence-corrected chi connectivity index (χ4v) is 5.16. The minimum absolute atomic E-state index is 0.0159. The van der Waals surface area contributed by atoms with Gasteiger partial charge in [-0.2, -0.15) is 5.10 Å². The number of fused-ring (bicyclic) bond motifs is 2. The quantitative estimate of drug-likeness (QED) is 0.492. The first-order valence-electron chi connectivity index (χ1n) is 7.58. The van der Waals surface area contributed by atoms with Crippen molar-refractivity contribution in [2.24, 2.45) is 0 Å². The summed E-state index contributed by atoms with van der Waals surface area (Å²) < 4.78 is 2.10. The average Bonchev–Trinajstić information content (AvgIpc) is 2.98. The maximum atomic E-state index is 11.9. The van der Waals surface area contributed by atoms with E-state index < -0.39 is 0 Å². The van der Waals surface area contributed by atoms with E-state index in [1.165, 1.54) is 28.4 Å². The number of hydrogen-bond donors (Lipinski definition) is 1. The number of rotatable bonds is 2. The highest BCUT2D eigenvalue weighted by atomic mass is 127. The molecule has 118 valence electrons. The van der Waals surface area contributed by atoms with E-state index >= 15 is 0 Å². The summed E-state index contributed by atoms with van der Waals surface area (Å²) in [4.78, 5) is 19.0. The van der Waals surface area contributed by atoms with Crippen LogP contribution in [0, 0.1) is 6.92 Å². The molecule has 3 aromatic rings. The molecule has 0 radical (unpaired) electrons. The Morgan fingerprint density at radius 1 is 1.43 bits per heavy atom. The first kappa shape index (κ1) is 15.3. The van der Waals surface area contributed by atoms with Crippen molar-refractivity contribution in [3.05, 3.63) is 57.4 Å². The molecule has 23 heavy (non-hydrogen) atoms. The molecule has 0 aliphatic heterocycles. The van der Waals surface area contributed by atoms with Crippen molar-refractivity contribution in [3.8, 4) is 0 Å². The zero-order valence-electron chi connectivity index (χ0n) is 12.6. The zero-order valence-corrected chi connectivity index (χ0v) is 15.8. The second kappa shape index (κ2) is 5.98. The Hall–Kier alpha value is -1.27. The maximum absolute atomic E-state index is 11.9. The molecule has 1 N–H and O–H groups in total. The molecule has 5 nitrogen and oxygen atoms in total. The average molecular weight is 438 g/mol. The normalized spacial score (nSPS) is 17.9. The van der Waals surface area contributed by atoms with Crippen molar-refractivity contribution in [2.75, 3.05) is 0 Å². The van der Waals surface area contributed by atoms with Crippen molar-refractivity contribution in [2.45, 2.75) is 32.1 Å². The molecule has 7 heteroatoms. The second-order valence-electron chi connectivity index (χ2n) is 5.97. The molecule has 0 amide bonds. The van der Waals surface area contributed by atoms with Crippen molar-refractivity contribution in [3.63, 3.8) is 0 Å².